The lowest BCUT2D eigenvalue weighted by molar-refractivity contribution is 0.0235. The zero-order valence-corrected chi connectivity index (χ0v) is 14.4. The molecule has 0 spiro atoms. The number of nitrogens with zero attached hydrogens (tertiary/aromatic N) is 3. The monoisotopic (exact) mass is 351 g/mol. The summed E-state index contributed by atoms with van der Waals surface area (Å²) in [5.41, 5.74) is 2.79. The van der Waals surface area contributed by atoms with Crippen molar-refractivity contribution in [3.8, 4) is 6.07 Å². The Morgan fingerprint density at radius 3 is 2.96 bits per heavy atom. The molecule has 0 bridgehead atoms. The Labute approximate surface area is 145 Å². The summed E-state index contributed by atoms with van der Waals surface area (Å²) in [4.78, 5) is 0. The molecule has 0 radical (unpaired) electrons. The highest BCUT2D eigenvalue weighted by atomic mass is 35.5. The molecule has 0 aromatic heterocycles. The summed E-state index contributed by atoms with van der Waals surface area (Å²) in [6, 6.07) is 5.48. The summed E-state index contributed by atoms with van der Waals surface area (Å²) < 4.78 is 24.7. The van der Waals surface area contributed by atoms with Gasteiger partial charge in [0.15, 0.2) is 0 Å². The average Bonchev–Trinajstić information content (AvgIpc) is 3.07. The zero-order chi connectivity index (χ0) is 17.3. The minimum Gasteiger partial charge on any atom is -0.382 e. The Bertz CT molecular complexity index is 704. The molecule has 7 heteroatoms. The molecule has 5 nitrogen and oxygen atoms in total. The van der Waals surface area contributed by atoms with E-state index in [1.54, 1.807) is 18.2 Å². The third-order valence-corrected chi connectivity index (χ3v) is 4.98. The van der Waals surface area contributed by atoms with Gasteiger partial charge >= 0.3 is 0 Å². The van der Waals surface area contributed by atoms with Crippen LogP contribution < -0.4 is 0 Å². The van der Waals surface area contributed by atoms with Crippen LogP contribution in [0, 0.1) is 18.3 Å². The van der Waals surface area contributed by atoms with Crippen molar-refractivity contribution in [3.05, 3.63) is 33.8 Å². The van der Waals surface area contributed by atoms with E-state index in [0.29, 0.717) is 30.2 Å². The van der Waals surface area contributed by atoms with Crippen LogP contribution in [-0.4, -0.2) is 55.9 Å². The number of hydrogen-bond donors (Lipinski definition) is 0. The van der Waals surface area contributed by atoms with Gasteiger partial charge in [0.1, 0.15) is 18.3 Å². The molecule has 1 aromatic rings. The minimum atomic E-state index is -0.889. The van der Waals surface area contributed by atoms with Gasteiger partial charge in [-0.2, -0.15) is 10.4 Å². The number of benzene rings is 1. The van der Waals surface area contributed by atoms with Gasteiger partial charge < -0.3 is 9.47 Å². The molecule has 2 aliphatic heterocycles. The van der Waals surface area contributed by atoms with Gasteiger partial charge in [-0.3, -0.25) is 5.01 Å². The van der Waals surface area contributed by atoms with E-state index >= 15 is 0 Å². The smallest absolute Gasteiger partial charge is 0.124 e. The van der Waals surface area contributed by atoms with E-state index in [1.807, 2.05) is 13.0 Å². The molecule has 3 rings (SSSR count). The van der Waals surface area contributed by atoms with Crippen molar-refractivity contribution < 1.29 is 13.9 Å². The highest BCUT2D eigenvalue weighted by Crippen LogP contribution is 2.34. The fourth-order valence-corrected chi connectivity index (χ4v) is 3.48. The molecule has 1 saturated heterocycles. The van der Waals surface area contributed by atoms with Crippen LogP contribution in [0.15, 0.2) is 17.2 Å². The topological polar surface area (TPSA) is 57.9 Å². The number of fused-ring (bicyclic) bond motifs is 1. The molecule has 2 aliphatic rings. The van der Waals surface area contributed by atoms with Gasteiger partial charge in [0.25, 0.3) is 0 Å². The van der Waals surface area contributed by atoms with E-state index in [1.165, 1.54) is 0 Å². The van der Waals surface area contributed by atoms with Crippen molar-refractivity contribution in [3.63, 3.8) is 0 Å². The van der Waals surface area contributed by atoms with E-state index < -0.39 is 6.17 Å². The Morgan fingerprint density at radius 2 is 2.25 bits per heavy atom. The van der Waals surface area contributed by atoms with Crippen LogP contribution in [0.2, 0.25) is 5.02 Å². The fourth-order valence-electron chi connectivity index (χ4n) is 3.27. The van der Waals surface area contributed by atoms with Crippen LogP contribution in [0.1, 0.15) is 23.1 Å². The molecule has 128 valence electrons. The number of methoxy groups -OCH3 is 1. The van der Waals surface area contributed by atoms with Crippen LogP contribution in [-0.2, 0) is 9.47 Å². The van der Waals surface area contributed by atoms with Gasteiger partial charge in [-0.25, -0.2) is 4.39 Å². The van der Waals surface area contributed by atoms with Gasteiger partial charge in [0.2, 0.25) is 0 Å². The lowest BCUT2D eigenvalue weighted by atomic mass is 9.95. The first-order valence-corrected chi connectivity index (χ1v) is 8.24. The van der Waals surface area contributed by atoms with Crippen LogP contribution in [0.4, 0.5) is 4.39 Å². The van der Waals surface area contributed by atoms with Crippen molar-refractivity contribution in [1.29, 1.82) is 5.26 Å². The van der Waals surface area contributed by atoms with Gasteiger partial charge in [-0.1, -0.05) is 17.7 Å². The SMILES string of the molecule is COCCO[C@@H]1C(c2ccc(C#N)c(Cl)c2C)=NN2C[C@@H](F)C[C@@H]12. The minimum absolute atomic E-state index is 0.110. The zero-order valence-electron chi connectivity index (χ0n) is 13.6. The van der Waals surface area contributed by atoms with E-state index in [0.717, 1.165) is 16.8 Å². The first-order chi connectivity index (χ1) is 11.6. The Kier molecular flexibility index (Phi) is 5.04. The molecular formula is C17H19ClFN3O2. The lowest BCUT2D eigenvalue weighted by Crippen LogP contribution is -2.36. The van der Waals surface area contributed by atoms with Crippen molar-refractivity contribution in [2.24, 2.45) is 5.10 Å². The van der Waals surface area contributed by atoms with E-state index in [2.05, 4.69) is 11.2 Å². The highest BCUT2D eigenvalue weighted by Gasteiger charge is 2.45. The van der Waals surface area contributed by atoms with Crippen molar-refractivity contribution in [2.75, 3.05) is 26.9 Å². The van der Waals surface area contributed by atoms with Crippen LogP contribution >= 0.6 is 11.6 Å². The lowest BCUT2D eigenvalue weighted by Gasteiger charge is -2.22. The maximum absolute atomic E-state index is 13.7. The van der Waals surface area contributed by atoms with Gasteiger partial charge in [0, 0.05) is 19.1 Å². The molecule has 0 amide bonds. The molecular weight excluding hydrogens is 333 g/mol. The first-order valence-electron chi connectivity index (χ1n) is 7.86. The second kappa shape index (κ2) is 7.06. The number of ether oxygens (including phenoxy) is 2. The maximum Gasteiger partial charge on any atom is 0.124 e. The Balaban J connectivity index is 1.94. The van der Waals surface area contributed by atoms with Gasteiger partial charge in [-0.15, -0.1) is 0 Å². The standard InChI is InChI=1S/C17H19ClFN3O2/c1-10-13(4-3-11(8-20)15(10)18)16-17(24-6-5-23-2)14-7-12(19)9-22(14)21-16/h3-4,12,14,17H,5-7,9H2,1-2H3/t12-,14-,17-/m0/s1. The maximum atomic E-state index is 13.7. The predicted octanol–water partition coefficient (Wildman–Crippen LogP) is 2.68. The molecule has 2 heterocycles. The fraction of sp³-hybridized carbons (Fsp3) is 0.529. The van der Waals surface area contributed by atoms with Crippen LogP contribution in [0.5, 0.6) is 0 Å². The quantitative estimate of drug-likeness (QED) is 0.765. The Hall–Kier alpha value is -1.68. The summed E-state index contributed by atoms with van der Waals surface area (Å²) in [5, 5.41) is 15.9. The second-order valence-electron chi connectivity index (χ2n) is 6.00. The number of nitriles is 1. The first kappa shape index (κ1) is 17.2. The third kappa shape index (κ3) is 3.00. The van der Waals surface area contributed by atoms with Crippen LogP contribution in [0.25, 0.3) is 0 Å². The molecule has 0 saturated carbocycles. The summed E-state index contributed by atoms with van der Waals surface area (Å²) >= 11 is 6.28. The largest absolute Gasteiger partial charge is 0.382 e. The second-order valence-corrected chi connectivity index (χ2v) is 6.38. The predicted molar refractivity (Wildman–Crippen MR) is 89.1 cm³/mol. The number of halogens is 2. The number of hydrazone groups is 1. The van der Waals surface area contributed by atoms with E-state index in [4.69, 9.17) is 26.3 Å². The van der Waals surface area contributed by atoms with Crippen molar-refractivity contribution >= 4 is 17.3 Å². The molecule has 24 heavy (non-hydrogen) atoms. The third-order valence-electron chi connectivity index (χ3n) is 4.49. The van der Waals surface area contributed by atoms with Gasteiger partial charge in [-0.05, 0) is 18.6 Å². The Morgan fingerprint density at radius 1 is 1.46 bits per heavy atom. The number of alkyl halides is 1. The molecule has 1 aromatic carbocycles. The van der Waals surface area contributed by atoms with E-state index in [-0.39, 0.29) is 18.7 Å². The normalized spacial score (nSPS) is 25.5. The van der Waals surface area contributed by atoms with E-state index in [9.17, 15) is 4.39 Å². The summed E-state index contributed by atoms with van der Waals surface area (Å²) in [7, 11) is 1.61. The summed E-state index contributed by atoms with van der Waals surface area (Å²) in [5.74, 6) is 0. The molecule has 0 unspecified atom stereocenters. The molecule has 3 atom stereocenters. The number of rotatable bonds is 5. The average molecular weight is 352 g/mol. The molecule has 0 N–H and O–H groups in total. The van der Waals surface area contributed by atoms with Crippen molar-refractivity contribution in [1.82, 2.24) is 5.01 Å². The highest BCUT2D eigenvalue weighted by molar-refractivity contribution is 6.33. The molecule has 1 fully saturated rings. The van der Waals surface area contributed by atoms with Gasteiger partial charge in [0.05, 0.1) is 42.1 Å². The van der Waals surface area contributed by atoms with Crippen LogP contribution in [0.3, 0.4) is 0 Å². The summed E-state index contributed by atoms with van der Waals surface area (Å²) in [6.07, 6.45) is -0.823. The summed E-state index contributed by atoms with van der Waals surface area (Å²) in [6.45, 7) is 3.00. The van der Waals surface area contributed by atoms with Crippen molar-refractivity contribution in [2.45, 2.75) is 31.7 Å². The molecule has 0 aliphatic carbocycles. The number of hydrogen-bond acceptors (Lipinski definition) is 5.